The number of phenols is 1. The molecule has 1 aromatic rings. The van der Waals surface area contributed by atoms with Gasteiger partial charge in [0.15, 0.2) is 17.3 Å². The van der Waals surface area contributed by atoms with Gasteiger partial charge in [0.25, 0.3) is 0 Å². The molecule has 1 aromatic carbocycles. The third-order valence-corrected chi connectivity index (χ3v) is 11.0. The maximum Gasteiger partial charge on any atom is 0.244 e. The summed E-state index contributed by atoms with van der Waals surface area (Å²) >= 11 is 0.737. The molecule has 7 atom stereocenters. The minimum Gasteiger partial charge on any atom is -0.507 e. The number of hydrogen-bond acceptors (Lipinski definition) is 11. The van der Waals surface area contributed by atoms with Crippen LogP contribution in [0.25, 0.3) is 0 Å². The topological polar surface area (TPSA) is 195 Å². The van der Waals surface area contributed by atoms with E-state index in [9.17, 15) is 49.2 Å². The van der Waals surface area contributed by atoms with Crippen LogP contribution in [0.5, 0.6) is 5.75 Å². The predicted octanol–water partition coefficient (Wildman–Crippen LogP) is 4.58. The van der Waals surface area contributed by atoms with Crippen LogP contribution in [0.4, 0.5) is 0 Å². The van der Waals surface area contributed by atoms with Crippen LogP contribution in [0, 0.1) is 24.7 Å². The Kier molecular flexibility index (Phi) is 12.4. The number of ketones is 5. The largest absolute Gasteiger partial charge is 0.507 e. The van der Waals surface area contributed by atoms with Gasteiger partial charge in [0.1, 0.15) is 16.2 Å². The van der Waals surface area contributed by atoms with Crippen molar-refractivity contribution in [2.75, 3.05) is 0 Å². The average Bonchev–Trinajstić information content (AvgIpc) is 3.10. The number of rotatable bonds is 0. The molecule has 0 spiro atoms. The van der Waals surface area contributed by atoms with E-state index in [0.717, 1.165) is 17.8 Å². The van der Waals surface area contributed by atoms with Gasteiger partial charge < -0.3 is 25.7 Å². The number of allylic oxidation sites excluding steroid dienone is 6. The molecule has 4 rings (SSSR count). The van der Waals surface area contributed by atoms with Crippen LogP contribution in [0.15, 0.2) is 76.4 Å². The highest BCUT2D eigenvalue weighted by Gasteiger charge is 2.47. The van der Waals surface area contributed by atoms with E-state index in [1.165, 1.54) is 57.2 Å². The number of Topliss-reactive ketones (excluding diaryl/α,β-unsaturated/α-hetero) is 4. The van der Waals surface area contributed by atoms with Gasteiger partial charge in [-0.3, -0.25) is 28.8 Å². The zero-order valence-corrected chi connectivity index (χ0v) is 31.0. The molecule has 0 fully saturated rings. The molecular weight excluding hydrogens is 687 g/mol. The Bertz CT molecular complexity index is 1910. The summed E-state index contributed by atoms with van der Waals surface area (Å²) in [6.45, 7) is 11.0. The summed E-state index contributed by atoms with van der Waals surface area (Å²) in [6, 6.07) is 1.29. The van der Waals surface area contributed by atoms with E-state index in [1.54, 1.807) is 39.8 Å². The SMILES string of the molecule is CC1=CC[C@H](O)/C=C/[C@H](C)[C@@H](O)[C@@H](C)/C=C(\C)C(=O)c2c(O)c(C)cc3c2C(=O)C2=C(NC(=O)C(C)(/C=C/C(=O)/C=C/[C@H](C)[C@@H](O)CC1=O)S2)C3=O. The minimum absolute atomic E-state index is 0.0944. The Labute approximate surface area is 307 Å². The summed E-state index contributed by atoms with van der Waals surface area (Å²) < 4.78 is -1.54. The number of carbonyl (C=O) groups is 6. The molecule has 0 saturated carbocycles. The van der Waals surface area contributed by atoms with Crippen LogP contribution in [0.1, 0.15) is 91.0 Å². The van der Waals surface area contributed by atoms with Crippen molar-refractivity contribution in [2.24, 2.45) is 17.8 Å². The first-order valence-electron chi connectivity index (χ1n) is 17.0. The van der Waals surface area contributed by atoms with Gasteiger partial charge in [-0.2, -0.15) is 0 Å². The number of nitrogens with one attached hydrogen (secondary N) is 1. The summed E-state index contributed by atoms with van der Waals surface area (Å²) in [5, 5.41) is 45.9. The summed E-state index contributed by atoms with van der Waals surface area (Å²) in [4.78, 5) is 80.7. The van der Waals surface area contributed by atoms with E-state index in [1.807, 2.05) is 0 Å². The van der Waals surface area contributed by atoms with Crippen molar-refractivity contribution < 1.29 is 49.2 Å². The summed E-state index contributed by atoms with van der Waals surface area (Å²) in [5.74, 6) is -5.96. The molecule has 5 N–H and O–H groups in total. The fraction of sp³-hybridized carbons (Fsp3) is 0.400. The molecule has 52 heavy (non-hydrogen) atoms. The van der Waals surface area contributed by atoms with Gasteiger partial charge in [-0.05, 0) is 69.0 Å². The maximum absolute atomic E-state index is 14.2. The standard InChI is InChI=1S/C40H45NO10S/c1-19-8-11-25(42)13-10-21(3)33(46)22(4)16-23(5)34(47)31-30-27(17-24(6)35(31)48)36(49)32-38(37(30)50)52-40(7,39(51)41-32)15-14-26(43)12-9-20(2)29(45)18-28(19)44/h8-10,12-17,20-22,25,29,33,42,45-46,48H,11,18H2,1-7H3,(H,41,51)/b12-9+,13-10+,15-14+,19-8?,23-16+/t20-,21-,22-,25-,29-,33+,40?/m0/s1. The predicted molar refractivity (Wildman–Crippen MR) is 197 cm³/mol. The second kappa shape index (κ2) is 16.0. The third-order valence-electron chi connectivity index (χ3n) is 9.67. The quantitative estimate of drug-likeness (QED) is 0.235. The van der Waals surface area contributed by atoms with Gasteiger partial charge in [-0.1, -0.05) is 69.0 Å². The van der Waals surface area contributed by atoms with Crippen molar-refractivity contribution in [1.82, 2.24) is 5.32 Å². The van der Waals surface area contributed by atoms with E-state index >= 15 is 0 Å². The molecule has 1 unspecified atom stereocenters. The Hall–Kier alpha value is -4.49. The van der Waals surface area contributed by atoms with Gasteiger partial charge in [-0.25, -0.2) is 0 Å². The lowest BCUT2D eigenvalue weighted by Gasteiger charge is -2.34. The molecule has 1 amide bonds. The Morgan fingerprint density at radius 2 is 1.48 bits per heavy atom. The van der Waals surface area contributed by atoms with Crippen LogP contribution in [0.3, 0.4) is 0 Å². The molecule has 0 radical (unpaired) electrons. The van der Waals surface area contributed by atoms with Crippen molar-refractivity contribution in [1.29, 1.82) is 0 Å². The highest BCUT2D eigenvalue weighted by Crippen LogP contribution is 2.46. The number of thioether (sulfide) groups is 1. The minimum atomic E-state index is -1.54. The number of aryl methyl sites for hydroxylation is 1. The maximum atomic E-state index is 14.2. The molecule has 12 heteroatoms. The first-order valence-corrected chi connectivity index (χ1v) is 17.9. The first kappa shape index (κ1) is 40.3. The van der Waals surface area contributed by atoms with E-state index in [2.05, 4.69) is 5.32 Å². The summed E-state index contributed by atoms with van der Waals surface area (Å²) in [6.07, 6.45) is 7.99. The lowest BCUT2D eigenvalue weighted by molar-refractivity contribution is -0.121. The van der Waals surface area contributed by atoms with Gasteiger partial charge in [0.05, 0.1) is 28.8 Å². The molecule has 276 valence electrons. The van der Waals surface area contributed by atoms with Crippen molar-refractivity contribution >= 4 is 46.6 Å². The second-order valence-corrected chi connectivity index (χ2v) is 15.4. The van der Waals surface area contributed by atoms with Gasteiger partial charge >= 0.3 is 0 Å². The molecule has 0 aromatic heterocycles. The number of carbonyl (C=O) groups excluding carboxylic acids is 6. The lowest BCUT2D eigenvalue weighted by Crippen LogP contribution is -2.48. The molecule has 11 nitrogen and oxygen atoms in total. The number of phenolic OH excluding ortho intramolecular Hbond substituents is 1. The third kappa shape index (κ3) is 8.42. The van der Waals surface area contributed by atoms with E-state index < -0.39 is 75.6 Å². The number of hydrogen-bond donors (Lipinski definition) is 5. The van der Waals surface area contributed by atoms with Crippen molar-refractivity contribution in [3.63, 3.8) is 0 Å². The number of aromatic hydroxyl groups is 1. The van der Waals surface area contributed by atoms with Gasteiger partial charge in [0, 0.05) is 35.3 Å². The summed E-state index contributed by atoms with van der Waals surface area (Å²) in [7, 11) is 0. The lowest BCUT2D eigenvalue weighted by atomic mass is 9.83. The number of benzene rings is 1. The number of aliphatic hydroxyl groups is 3. The van der Waals surface area contributed by atoms with Gasteiger partial charge in [0.2, 0.25) is 17.5 Å². The average molecular weight is 732 g/mol. The van der Waals surface area contributed by atoms with Crippen LogP contribution in [0.2, 0.25) is 0 Å². The Morgan fingerprint density at radius 1 is 0.808 bits per heavy atom. The van der Waals surface area contributed by atoms with E-state index in [-0.39, 0.29) is 57.1 Å². The molecule has 1 aliphatic carbocycles. The van der Waals surface area contributed by atoms with E-state index in [4.69, 9.17) is 0 Å². The fourth-order valence-electron chi connectivity index (χ4n) is 6.09. The molecular formula is C40H45NO10S. The molecule has 3 aliphatic rings. The highest BCUT2D eigenvalue weighted by molar-refractivity contribution is 8.06. The number of fused-ring (bicyclic) bond motifs is 1. The van der Waals surface area contributed by atoms with Crippen LogP contribution in [-0.2, 0) is 14.4 Å². The van der Waals surface area contributed by atoms with Crippen molar-refractivity contribution in [3.05, 3.63) is 98.7 Å². The zero-order chi connectivity index (χ0) is 38.8. The van der Waals surface area contributed by atoms with Crippen molar-refractivity contribution in [2.45, 2.75) is 84.4 Å². The molecule has 2 aliphatic heterocycles. The van der Waals surface area contributed by atoms with Crippen molar-refractivity contribution in [3.8, 4) is 5.75 Å². The highest BCUT2D eigenvalue weighted by atomic mass is 32.2. The second-order valence-electron chi connectivity index (χ2n) is 14.0. The van der Waals surface area contributed by atoms with Gasteiger partial charge in [-0.15, -0.1) is 0 Å². The molecule has 0 saturated heterocycles. The van der Waals surface area contributed by atoms with E-state index in [0.29, 0.717) is 5.57 Å². The monoisotopic (exact) mass is 731 g/mol. The fourth-order valence-corrected chi connectivity index (χ4v) is 7.23. The summed E-state index contributed by atoms with van der Waals surface area (Å²) in [5.41, 5.74) is -0.522. The molecule has 2 heterocycles. The zero-order valence-electron chi connectivity index (χ0n) is 30.2. The molecule has 3 bridgehead atoms. The normalized spacial score (nSPS) is 32.8. The first-order chi connectivity index (χ1) is 24.3. The van der Waals surface area contributed by atoms with Crippen LogP contribution < -0.4 is 5.32 Å². The Balaban J connectivity index is 1.80. The number of aliphatic hydroxyl groups excluding tert-OH is 3. The van der Waals surface area contributed by atoms with Crippen LogP contribution in [-0.4, -0.2) is 78.3 Å². The van der Waals surface area contributed by atoms with Crippen LogP contribution >= 0.6 is 11.8 Å². The smallest absolute Gasteiger partial charge is 0.244 e. The number of amides is 1. The Morgan fingerprint density at radius 3 is 2.15 bits per heavy atom.